The molecule has 0 bridgehead atoms. The first-order valence-electron chi connectivity index (χ1n) is 13.9. The lowest BCUT2D eigenvalue weighted by Gasteiger charge is -2.48. The van der Waals surface area contributed by atoms with E-state index in [1.807, 2.05) is 5.32 Å². The topological polar surface area (TPSA) is 137 Å². The van der Waals surface area contributed by atoms with Crippen molar-refractivity contribution in [2.45, 2.75) is 87.1 Å². The third-order valence-electron chi connectivity index (χ3n) is 6.75. The van der Waals surface area contributed by atoms with Crippen molar-refractivity contribution in [3.05, 3.63) is 35.9 Å². The Hall–Kier alpha value is -2.24. The number of halogens is 8. The van der Waals surface area contributed by atoms with Crippen molar-refractivity contribution in [2.24, 2.45) is 0 Å². The highest BCUT2D eigenvalue weighted by Gasteiger charge is 2.75. The van der Waals surface area contributed by atoms with E-state index in [9.17, 15) is 48.3 Å². The molecule has 2 aliphatic rings. The summed E-state index contributed by atoms with van der Waals surface area (Å²) in [6, 6.07) is 8.10. The largest absolute Gasteiger partial charge is 0.460 e. The second-order valence-corrected chi connectivity index (χ2v) is 11.6. The number of carbonyl (C=O) groups is 1. The number of amides is 1. The van der Waals surface area contributed by atoms with Crippen molar-refractivity contribution < 1.29 is 85.7 Å². The summed E-state index contributed by atoms with van der Waals surface area (Å²) >= 11 is 0. The lowest BCUT2D eigenvalue weighted by molar-refractivity contribution is -0.456. The maximum atomic E-state index is 14.9. The van der Waals surface area contributed by atoms with Gasteiger partial charge in [-0.05, 0) is 13.8 Å². The van der Waals surface area contributed by atoms with E-state index >= 15 is 0 Å². The third-order valence-corrected chi connectivity index (χ3v) is 8.09. The van der Waals surface area contributed by atoms with Crippen molar-refractivity contribution in [3.63, 3.8) is 0 Å². The van der Waals surface area contributed by atoms with Gasteiger partial charge in [-0.2, -0.15) is 43.5 Å². The molecular weight excluding hydrogens is 686 g/mol. The van der Waals surface area contributed by atoms with E-state index in [-0.39, 0.29) is 19.8 Å². The summed E-state index contributed by atoms with van der Waals surface area (Å²) in [4.78, 5) is 11.4. The molecule has 1 unspecified atom stereocenters. The molecule has 47 heavy (non-hydrogen) atoms. The fraction of sp³-hybridized carbons (Fsp3) is 0.731. The van der Waals surface area contributed by atoms with E-state index in [0.29, 0.717) is 5.56 Å². The monoisotopic (exact) mass is 719 g/mol. The van der Waals surface area contributed by atoms with Crippen LogP contribution in [0.4, 0.5) is 35.1 Å². The average Bonchev–Trinajstić information content (AvgIpc) is 3.00. The van der Waals surface area contributed by atoms with Crippen molar-refractivity contribution in [1.29, 1.82) is 0 Å². The van der Waals surface area contributed by atoms with Gasteiger partial charge in [-0.3, -0.25) is 8.98 Å². The van der Waals surface area contributed by atoms with Crippen molar-refractivity contribution >= 4 is 16.0 Å². The second kappa shape index (κ2) is 15.5. The summed E-state index contributed by atoms with van der Waals surface area (Å²) in [5.41, 5.74) is 0.445. The first-order chi connectivity index (χ1) is 21.8. The number of hydrogen-bond donors (Lipinski definition) is 1. The highest BCUT2D eigenvalue weighted by atomic mass is 32.2. The molecule has 270 valence electrons. The SMILES string of the molecule is CCNC(=O)CCC(F)(F)C(F)(F)OC(F)(F)C(F)(F)S(=O)(=O)O[C@@H]1[C@H](OC)O[C@@H]2COC(c3ccccc3)O[C@H]2[C@@H]1OCOCC. The van der Waals surface area contributed by atoms with E-state index < -0.39 is 96.1 Å². The Balaban J connectivity index is 1.88. The van der Waals surface area contributed by atoms with Crippen LogP contribution in [-0.2, 0) is 52.3 Å². The number of hydrogen-bond acceptors (Lipinski definition) is 11. The number of carbonyl (C=O) groups excluding carboxylic acids is 1. The molecule has 1 amide bonds. The van der Waals surface area contributed by atoms with Crippen molar-refractivity contribution in [2.75, 3.05) is 33.7 Å². The van der Waals surface area contributed by atoms with Crippen molar-refractivity contribution in [1.82, 2.24) is 5.32 Å². The molecule has 21 heteroatoms. The molecule has 12 nitrogen and oxygen atoms in total. The van der Waals surface area contributed by atoms with Gasteiger partial charge < -0.3 is 33.7 Å². The Morgan fingerprint density at radius 1 is 0.979 bits per heavy atom. The Morgan fingerprint density at radius 3 is 2.23 bits per heavy atom. The predicted octanol–water partition coefficient (Wildman–Crippen LogP) is 3.91. The standard InChI is InChI=1S/C26H33F8NO11S/c1-4-35-17(36)11-12-23(27,28)24(29,30)46-25(31,32)26(33,34)47(37,38)45-20-19(42-14-40-5-2)18-16(43-22(20)39-3)13-41-21(44-18)15-9-7-6-8-10-15/h6-10,16,18-22H,4-5,11-14H2,1-3H3,(H,35,36)/t16-,18-,19+,20+,21?,22-/m1/s1. The Labute approximate surface area is 263 Å². The van der Waals surface area contributed by atoms with Crippen LogP contribution in [0.15, 0.2) is 30.3 Å². The van der Waals surface area contributed by atoms with E-state index in [2.05, 4.69) is 8.92 Å². The first kappa shape index (κ1) is 39.2. The fourth-order valence-corrected chi connectivity index (χ4v) is 5.31. The van der Waals surface area contributed by atoms with Crippen LogP contribution in [-0.4, -0.2) is 102 Å². The minimum absolute atomic E-state index is 0.0369. The van der Waals surface area contributed by atoms with E-state index in [1.165, 1.54) is 13.8 Å². The van der Waals surface area contributed by atoms with Crippen LogP contribution in [0.25, 0.3) is 0 Å². The molecule has 0 spiro atoms. The summed E-state index contributed by atoms with van der Waals surface area (Å²) < 4.78 is 180. The lowest BCUT2D eigenvalue weighted by Crippen LogP contribution is -2.65. The van der Waals surface area contributed by atoms with E-state index in [0.717, 1.165) is 7.11 Å². The number of fused-ring (bicyclic) bond motifs is 1. The Morgan fingerprint density at radius 2 is 1.64 bits per heavy atom. The summed E-state index contributed by atoms with van der Waals surface area (Å²) in [6.45, 7) is 1.93. The fourth-order valence-electron chi connectivity index (χ4n) is 4.37. The third kappa shape index (κ3) is 8.87. The highest BCUT2D eigenvalue weighted by Crippen LogP contribution is 2.49. The number of rotatable bonds is 17. The van der Waals surface area contributed by atoms with Gasteiger partial charge in [-0.15, -0.1) is 0 Å². The van der Waals surface area contributed by atoms with Crippen molar-refractivity contribution in [3.8, 4) is 0 Å². The van der Waals surface area contributed by atoms with Gasteiger partial charge in [0, 0.05) is 38.7 Å². The minimum atomic E-state index is -7.10. The first-order valence-corrected chi connectivity index (χ1v) is 15.4. The van der Waals surface area contributed by atoms with Crippen LogP contribution in [0, 0.1) is 0 Å². The molecule has 1 aromatic carbocycles. The molecule has 6 atom stereocenters. The van der Waals surface area contributed by atoms with Gasteiger partial charge in [0.05, 0.1) is 6.61 Å². The quantitative estimate of drug-likeness (QED) is 0.109. The highest BCUT2D eigenvalue weighted by molar-refractivity contribution is 7.87. The second-order valence-electron chi connectivity index (χ2n) is 10.0. The molecule has 1 N–H and O–H groups in total. The molecule has 2 saturated heterocycles. The van der Waals surface area contributed by atoms with Crippen LogP contribution in [0.1, 0.15) is 38.5 Å². The van der Waals surface area contributed by atoms with Gasteiger partial charge in [0.15, 0.2) is 18.7 Å². The molecule has 3 rings (SSSR count). The molecule has 0 radical (unpaired) electrons. The zero-order valence-corrected chi connectivity index (χ0v) is 25.8. The van der Waals surface area contributed by atoms with E-state index in [1.54, 1.807) is 30.3 Å². The zero-order valence-electron chi connectivity index (χ0n) is 25.0. The maximum Gasteiger partial charge on any atom is 0.460 e. The predicted molar refractivity (Wildman–Crippen MR) is 140 cm³/mol. The summed E-state index contributed by atoms with van der Waals surface area (Å²) in [6.07, 6.45) is -26.6. The summed E-state index contributed by atoms with van der Waals surface area (Å²) in [7, 11) is -6.20. The molecule has 2 aliphatic heterocycles. The summed E-state index contributed by atoms with van der Waals surface area (Å²) in [5, 5.41) is -4.75. The van der Waals surface area contributed by atoms with E-state index in [4.69, 9.17) is 28.4 Å². The van der Waals surface area contributed by atoms with Crippen LogP contribution < -0.4 is 5.32 Å². The Bertz CT molecular complexity index is 1280. The number of methoxy groups -OCH3 is 1. The number of alkyl halides is 8. The summed E-state index contributed by atoms with van der Waals surface area (Å²) in [5.74, 6) is -6.82. The zero-order chi connectivity index (χ0) is 35.3. The van der Waals surface area contributed by atoms with Gasteiger partial charge >= 0.3 is 33.5 Å². The van der Waals surface area contributed by atoms with Gasteiger partial charge in [-0.1, -0.05) is 30.3 Å². The van der Waals surface area contributed by atoms with Gasteiger partial charge in [-0.25, -0.2) is 4.74 Å². The number of ether oxygens (including phenoxy) is 7. The smallest absolute Gasteiger partial charge is 0.356 e. The molecule has 0 aromatic heterocycles. The van der Waals surface area contributed by atoms with Crippen LogP contribution in [0.2, 0.25) is 0 Å². The molecule has 0 saturated carbocycles. The molecule has 2 heterocycles. The van der Waals surface area contributed by atoms with Gasteiger partial charge in [0.1, 0.15) is 25.1 Å². The average molecular weight is 720 g/mol. The van der Waals surface area contributed by atoms with Crippen LogP contribution >= 0.6 is 0 Å². The molecule has 2 fully saturated rings. The maximum absolute atomic E-state index is 14.9. The lowest BCUT2D eigenvalue weighted by atomic mass is 9.97. The molecule has 1 aromatic rings. The normalized spacial score (nSPS) is 26.1. The minimum Gasteiger partial charge on any atom is -0.356 e. The van der Waals surface area contributed by atoms with Crippen LogP contribution in [0.3, 0.4) is 0 Å². The number of nitrogens with one attached hydrogen (secondary N) is 1. The number of benzene rings is 1. The van der Waals surface area contributed by atoms with Gasteiger partial charge in [0.2, 0.25) is 5.91 Å². The van der Waals surface area contributed by atoms with Gasteiger partial charge in [0.25, 0.3) is 0 Å². The molecular formula is C26H33F8NO11S. The Kier molecular flexibility index (Phi) is 13.0. The van der Waals surface area contributed by atoms with Crippen LogP contribution in [0.5, 0.6) is 0 Å². The molecule has 0 aliphatic carbocycles.